The van der Waals surface area contributed by atoms with Gasteiger partial charge in [0, 0.05) is 32.6 Å². The van der Waals surface area contributed by atoms with Crippen LogP contribution in [-0.4, -0.2) is 48.4 Å². The first-order valence-corrected chi connectivity index (χ1v) is 6.65. The van der Waals surface area contributed by atoms with E-state index in [4.69, 9.17) is 5.26 Å². The first kappa shape index (κ1) is 14.0. The van der Waals surface area contributed by atoms with E-state index in [9.17, 15) is 4.79 Å². The Morgan fingerprint density at radius 1 is 1.18 bits per heavy atom. The molecule has 0 spiro atoms. The molecule has 0 radical (unpaired) electrons. The van der Waals surface area contributed by atoms with E-state index in [1.165, 1.54) is 12.8 Å². The lowest BCUT2D eigenvalue weighted by atomic mass is 10.1. The summed E-state index contributed by atoms with van der Waals surface area (Å²) in [6, 6.07) is 2.15. The summed E-state index contributed by atoms with van der Waals surface area (Å²) in [6.45, 7) is 5.92. The molecular formula is C13H23N3O. The average molecular weight is 237 g/mol. The van der Waals surface area contributed by atoms with Crippen LogP contribution in [0.3, 0.4) is 0 Å². The molecule has 1 saturated heterocycles. The van der Waals surface area contributed by atoms with Crippen molar-refractivity contribution in [3.63, 3.8) is 0 Å². The van der Waals surface area contributed by atoms with E-state index in [1.54, 1.807) is 0 Å². The molecule has 1 aliphatic heterocycles. The average Bonchev–Trinajstić information content (AvgIpc) is 2.36. The van der Waals surface area contributed by atoms with Crippen molar-refractivity contribution in [3.05, 3.63) is 0 Å². The van der Waals surface area contributed by atoms with Crippen molar-refractivity contribution in [2.75, 3.05) is 32.7 Å². The summed E-state index contributed by atoms with van der Waals surface area (Å²) in [4.78, 5) is 15.9. The van der Waals surface area contributed by atoms with Crippen LogP contribution in [0.15, 0.2) is 0 Å². The minimum Gasteiger partial charge on any atom is -0.340 e. The maximum atomic E-state index is 11.9. The molecule has 0 aromatic rings. The molecule has 0 N–H and O–H groups in total. The van der Waals surface area contributed by atoms with Gasteiger partial charge in [0.1, 0.15) is 0 Å². The van der Waals surface area contributed by atoms with Gasteiger partial charge in [0.2, 0.25) is 5.91 Å². The topological polar surface area (TPSA) is 47.3 Å². The summed E-state index contributed by atoms with van der Waals surface area (Å²) >= 11 is 0. The summed E-state index contributed by atoms with van der Waals surface area (Å²) in [6.07, 6.45) is 5.31. The zero-order valence-corrected chi connectivity index (χ0v) is 10.8. The van der Waals surface area contributed by atoms with Crippen LogP contribution >= 0.6 is 0 Å². The zero-order valence-electron chi connectivity index (χ0n) is 10.8. The van der Waals surface area contributed by atoms with Gasteiger partial charge in [-0.25, -0.2) is 0 Å². The molecule has 96 valence electrons. The van der Waals surface area contributed by atoms with Crippen LogP contribution in [0.25, 0.3) is 0 Å². The first-order valence-electron chi connectivity index (χ1n) is 6.65. The second kappa shape index (κ2) is 8.08. The molecule has 0 aromatic heterocycles. The molecule has 4 heteroatoms. The maximum absolute atomic E-state index is 11.9. The molecule has 0 unspecified atom stereocenters. The predicted molar refractivity (Wildman–Crippen MR) is 67.4 cm³/mol. The van der Waals surface area contributed by atoms with Gasteiger partial charge in [0.15, 0.2) is 0 Å². The quantitative estimate of drug-likeness (QED) is 0.521. The second-order valence-corrected chi connectivity index (χ2v) is 4.63. The van der Waals surface area contributed by atoms with E-state index in [2.05, 4.69) is 17.9 Å². The SMILES string of the molecule is CCCCCCC(=O)N1CCN(CC#N)CC1. The number of carbonyl (C=O) groups is 1. The fourth-order valence-electron chi connectivity index (χ4n) is 2.12. The molecule has 1 heterocycles. The van der Waals surface area contributed by atoms with Crippen molar-refractivity contribution in [2.45, 2.75) is 39.0 Å². The van der Waals surface area contributed by atoms with E-state index < -0.39 is 0 Å². The number of unbranched alkanes of at least 4 members (excludes halogenated alkanes) is 3. The number of amides is 1. The van der Waals surface area contributed by atoms with Crippen molar-refractivity contribution in [1.29, 1.82) is 5.26 Å². The smallest absolute Gasteiger partial charge is 0.222 e. The Hall–Kier alpha value is -1.08. The van der Waals surface area contributed by atoms with E-state index in [0.717, 1.165) is 39.0 Å². The van der Waals surface area contributed by atoms with Gasteiger partial charge in [-0.1, -0.05) is 26.2 Å². The Balaban J connectivity index is 2.15. The molecule has 0 aliphatic carbocycles. The number of hydrogen-bond donors (Lipinski definition) is 0. The number of piperazine rings is 1. The van der Waals surface area contributed by atoms with Gasteiger partial charge >= 0.3 is 0 Å². The van der Waals surface area contributed by atoms with Gasteiger partial charge in [0.05, 0.1) is 12.6 Å². The molecule has 0 saturated carbocycles. The fourth-order valence-corrected chi connectivity index (χ4v) is 2.12. The molecule has 17 heavy (non-hydrogen) atoms. The number of carbonyl (C=O) groups excluding carboxylic acids is 1. The molecular weight excluding hydrogens is 214 g/mol. The molecule has 1 aliphatic rings. The summed E-state index contributed by atoms with van der Waals surface area (Å²) in [5, 5.41) is 8.59. The minimum atomic E-state index is 0.290. The van der Waals surface area contributed by atoms with Crippen molar-refractivity contribution in [1.82, 2.24) is 9.80 Å². The Labute approximate surface area is 104 Å². The Morgan fingerprint density at radius 3 is 2.47 bits per heavy atom. The van der Waals surface area contributed by atoms with Gasteiger partial charge in [-0.05, 0) is 6.42 Å². The van der Waals surface area contributed by atoms with Crippen molar-refractivity contribution < 1.29 is 4.79 Å². The Kier molecular flexibility index (Phi) is 6.64. The van der Waals surface area contributed by atoms with Gasteiger partial charge in [-0.15, -0.1) is 0 Å². The molecule has 1 amide bonds. The van der Waals surface area contributed by atoms with Gasteiger partial charge in [-0.3, -0.25) is 9.69 Å². The standard InChI is InChI=1S/C13H23N3O/c1-2-3-4-5-6-13(17)16-11-9-15(8-7-14)10-12-16/h2-6,8-12H2,1H3. The minimum absolute atomic E-state index is 0.290. The fraction of sp³-hybridized carbons (Fsp3) is 0.846. The highest BCUT2D eigenvalue weighted by molar-refractivity contribution is 5.76. The lowest BCUT2D eigenvalue weighted by Crippen LogP contribution is -2.48. The van der Waals surface area contributed by atoms with Crippen molar-refractivity contribution in [2.24, 2.45) is 0 Å². The molecule has 1 fully saturated rings. The number of hydrogen-bond acceptors (Lipinski definition) is 3. The highest BCUT2D eigenvalue weighted by Crippen LogP contribution is 2.08. The number of nitriles is 1. The molecule has 0 atom stereocenters. The summed E-state index contributed by atoms with van der Waals surface area (Å²) in [5.41, 5.74) is 0. The zero-order chi connectivity index (χ0) is 12.5. The van der Waals surface area contributed by atoms with Crippen LogP contribution in [0.1, 0.15) is 39.0 Å². The normalized spacial score (nSPS) is 16.8. The van der Waals surface area contributed by atoms with E-state index in [-0.39, 0.29) is 5.91 Å². The van der Waals surface area contributed by atoms with Crippen molar-refractivity contribution in [3.8, 4) is 6.07 Å². The van der Waals surface area contributed by atoms with Crippen LogP contribution < -0.4 is 0 Å². The van der Waals surface area contributed by atoms with Crippen LogP contribution in [0.4, 0.5) is 0 Å². The van der Waals surface area contributed by atoms with Crippen LogP contribution in [-0.2, 0) is 4.79 Å². The van der Waals surface area contributed by atoms with E-state index >= 15 is 0 Å². The largest absolute Gasteiger partial charge is 0.340 e. The van der Waals surface area contributed by atoms with E-state index in [1.807, 2.05) is 4.90 Å². The maximum Gasteiger partial charge on any atom is 0.222 e. The van der Waals surface area contributed by atoms with Crippen LogP contribution in [0, 0.1) is 11.3 Å². The number of rotatable bonds is 6. The summed E-state index contributed by atoms with van der Waals surface area (Å²) < 4.78 is 0. The highest BCUT2D eigenvalue weighted by atomic mass is 16.2. The predicted octanol–water partition coefficient (Wildman–Crippen LogP) is 1.62. The van der Waals surface area contributed by atoms with Gasteiger partial charge < -0.3 is 4.90 Å². The lowest BCUT2D eigenvalue weighted by Gasteiger charge is -2.33. The molecule has 0 bridgehead atoms. The van der Waals surface area contributed by atoms with Gasteiger partial charge in [0.25, 0.3) is 0 Å². The molecule has 4 nitrogen and oxygen atoms in total. The third-order valence-electron chi connectivity index (χ3n) is 3.26. The first-order chi connectivity index (χ1) is 8.27. The highest BCUT2D eigenvalue weighted by Gasteiger charge is 2.19. The monoisotopic (exact) mass is 237 g/mol. The lowest BCUT2D eigenvalue weighted by molar-refractivity contribution is -0.133. The summed E-state index contributed by atoms with van der Waals surface area (Å²) in [5.74, 6) is 0.290. The Morgan fingerprint density at radius 2 is 1.88 bits per heavy atom. The van der Waals surface area contributed by atoms with Crippen LogP contribution in [0.5, 0.6) is 0 Å². The Bertz CT molecular complexity index is 264. The van der Waals surface area contributed by atoms with Gasteiger partial charge in [-0.2, -0.15) is 5.26 Å². The van der Waals surface area contributed by atoms with Crippen molar-refractivity contribution >= 4 is 5.91 Å². The molecule has 0 aromatic carbocycles. The number of nitrogens with zero attached hydrogens (tertiary/aromatic N) is 3. The van der Waals surface area contributed by atoms with E-state index in [0.29, 0.717) is 13.0 Å². The second-order valence-electron chi connectivity index (χ2n) is 4.63. The molecule has 1 rings (SSSR count). The summed E-state index contributed by atoms with van der Waals surface area (Å²) in [7, 11) is 0. The third-order valence-corrected chi connectivity index (χ3v) is 3.26. The van der Waals surface area contributed by atoms with Crippen LogP contribution in [0.2, 0.25) is 0 Å². The third kappa shape index (κ3) is 5.18.